The lowest BCUT2D eigenvalue weighted by Crippen LogP contribution is -2.38. The van der Waals surface area contributed by atoms with Gasteiger partial charge in [0.2, 0.25) is 0 Å². The van der Waals surface area contributed by atoms with Gasteiger partial charge in [-0.05, 0) is 30.7 Å². The molecule has 2 aromatic rings. The van der Waals surface area contributed by atoms with Crippen LogP contribution in [0.5, 0.6) is 0 Å². The minimum absolute atomic E-state index is 0.0859. The van der Waals surface area contributed by atoms with Gasteiger partial charge in [-0.2, -0.15) is 0 Å². The van der Waals surface area contributed by atoms with Crippen molar-refractivity contribution in [3.05, 3.63) is 54.0 Å². The molecule has 2 aromatic heterocycles. The van der Waals surface area contributed by atoms with Gasteiger partial charge in [0.1, 0.15) is 5.82 Å². The maximum Gasteiger partial charge on any atom is 0.315 e. The number of amides is 2. The number of hydrogen-bond acceptors (Lipinski definition) is 4. The van der Waals surface area contributed by atoms with Crippen LogP contribution >= 0.6 is 0 Å². The zero-order valence-electron chi connectivity index (χ0n) is 14.5. The van der Waals surface area contributed by atoms with Crippen molar-refractivity contribution in [1.29, 1.82) is 0 Å². The average molecular weight is 327 g/mol. The lowest BCUT2D eigenvalue weighted by atomic mass is 10.1. The van der Waals surface area contributed by atoms with Gasteiger partial charge in [-0.1, -0.05) is 25.5 Å². The Hall–Kier alpha value is -2.63. The largest absolute Gasteiger partial charge is 0.363 e. The monoisotopic (exact) mass is 327 g/mol. The van der Waals surface area contributed by atoms with Gasteiger partial charge < -0.3 is 15.5 Å². The van der Waals surface area contributed by atoms with Crippen LogP contribution in [-0.2, 0) is 6.54 Å². The van der Waals surface area contributed by atoms with E-state index in [1.807, 2.05) is 55.4 Å². The van der Waals surface area contributed by atoms with Gasteiger partial charge >= 0.3 is 6.03 Å². The third kappa shape index (κ3) is 5.22. The number of aromatic nitrogens is 2. The number of nitrogens with one attached hydrogen (secondary N) is 2. The number of hydrogen-bond donors (Lipinski definition) is 2. The summed E-state index contributed by atoms with van der Waals surface area (Å²) in [6.07, 6.45) is 3.56. The highest BCUT2D eigenvalue weighted by Crippen LogP contribution is 2.15. The molecule has 0 saturated carbocycles. The highest BCUT2D eigenvalue weighted by molar-refractivity contribution is 5.74. The summed E-state index contributed by atoms with van der Waals surface area (Å²) in [7, 11) is 3.88. The molecule has 6 heteroatoms. The second-order valence-corrected chi connectivity index (χ2v) is 5.80. The smallest absolute Gasteiger partial charge is 0.315 e. The first kappa shape index (κ1) is 17.7. The van der Waals surface area contributed by atoms with Crippen LogP contribution in [-0.4, -0.2) is 30.1 Å². The number of anilines is 1. The van der Waals surface area contributed by atoms with E-state index in [0.717, 1.165) is 30.0 Å². The maximum absolute atomic E-state index is 12.2. The zero-order chi connectivity index (χ0) is 17.4. The van der Waals surface area contributed by atoms with Gasteiger partial charge in [0.05, 0.1) is 24.0 Å². The summed E-state index contributed by atoms with van der Waals surface area (Å²) in [5.41, 5.74) is 1.70. The van der Waals surface area contributed by atoms with E-state index in [1.54, 1.807) is 6.20 Å². The number of pyridine rings is 2. The summed E-state index contributed by atoms with van der Waals surface area (Å²) >= 11 is 0. The molecule has 0 saturated heterocycles. The van der Waals surface area contributed by atoms with E-state index in [-0.39, 0.29) is 12.1 Å². The summed E-state index contributed by atoms with van der Waals surface area (Å²) < 4.78 is 0. The first-order chi connectivity index (χ1) is 11.6. The second kappa shape index (κ2) is 8.86. The molecule has 2 rings (SSSR count). The molecule has 0 bridgehead atoms. The maximum atomic E-state index is 12.2. The number of rotatable bonds is 7. The second-order valence-electron chi connectivity index (χ2n) is 5.80. The Morgan fingerprint density at radius 2 is 2.04 bits per heavy atom. The standard InChI is InChI=1S/C18H25N5O/c1-4-8-16(15-10-5-6-12-19-15)22-18(24)20-13-14-9-7-11-17(21-14)23(2)3/h5-7,9-12,16H,4,8,13H2,1-3H3,(H2,20,22,24)/t16-/m0/s1. The van der Waals surface area contributed by atoms with Gasteiger partial charge in [-0.3, -0.25) is 4.98 Å². The van der Waals surface area contributed by atoms with Crippen molar-refractivity contribution in [2.75, 3.05) is 19.0 Å². The molecule has 0 fully saturated rings. The molecule has 24 heavy (non-hydrogen) atoms. The van der Waals surface area contributed by atoms with Crippen molar-refractivity contribution in [1.82, 2.24) is 20.6 Å². The lowest BCUT2D eigenvalue weighted by Gasteiger charge is -2.18. The van der Waals surface area contributed by atoms with Crippen molar-refractivity contribution >= 4 is 11.8 Å². The van der Waals surface area contributed by atoms with Crippen LogP contribution in [0.3, 0.4) is 0 Å². The first-order valence-corrected chi connectivity index (χ1v) is 8.18. The highest BCUT2D eigenvalue weighted by atomic mass is 16.2. The topological polar surface area (TPSA) is 70.2 Å². The minimum atomic E-state index is -0.212. The van der Waals surface area contributed by atoms with E-state index in [4.69, 9.17) is 0 Å². The van der Waals surface area contributed by atoms with Crippen molar-refractivity contribution < 1.29 is 4.79 Å². The van der Waals surface area contributed by atoms with Crippen LogP contribution in [0.1, 0.15) is 37.2 Å². The zero-order valence-corrected chi connectivity index (χ0v) is 14.5. The summed E-state index contributed by atoms with van der Waals surface area (Å²) in [5.74, 6) is 0.868. The van der Waals surface area contributed by atoms with E-state index >= 15 is 0 Å². The average Bonchev–Trinajstić information content (AvgIpc) is 2.60. The fourth-order valence-electron chi connectivity index (χ4n) is 2.36. The van der Waals surface area contributed by atoms with Gasteiger partial charge in [-0.25, -0.2) is 9.78 Å². The molecule has 0 spiro atoms. The lowest BCUT2D eigenvalue weighted by molar-refractivity contribution is 0.235. The molecular formula is C18H25N5O. The Kier molecular flexibility index (Phi) is 6.54. The molecule has 2 amide bonds. The Bertz CT molecular complexity index is 645. The van der Waals surface area contributed by atoms with Gasteiger partial charge in [0.15, 0.2) is 0 Å². The quantitative estimate of drug-likeness (QED) is 0.820. The van der Waals surface area contributed by atoms with E-state index < -0.39 is 0 Å². The van der Waals surface area contributed by atoms with Crippen LogP contribution < -0.4 is 15.5 Å². The van der Waals surface area contributed by atoms with Crippen LogP contribution in [0.25, 0.3) is 0 Å². The minimum Gasteiger partial charge on any atom is -0.363 e. The summed E-state index contributed by atoms with van der Waals surface area (Å²) in [5, 5.41) is 5.86. The van der Waals surface area contributed by atoms with E-state index in [2.05, 4.69) is 27.5 Å². The molecule has 0 radical (unpaired) electrons. The van der Waals surface area contributed by atoms with Crippen LogP contribution in [0.4, 0.5) is 10.6 Å². The van der Waals surface area contributed by atoms with Crippen LogP contribution in [0, 0.1) is 0 Å². The van der Waals surface area contributed by atoms with E-state index in [9.17, 15) is 4.79 Å². The molecule has 6 nitrogen and oxygen atoms in total. The molecule has 128 valence electrons. The van der Waals surface area contributed by atoms with Gasteiger partial charge in [-0.15, -0.1) is 0 Å². The third-order valence-corrected chi connectivity index (χ3v) is 3.61. The number of urea groups is 1. The Morgan fingerprint density at radius 1 is 1.21 bits per heavy atom. The normalized spacial score (nSPS) is 11.6. The fraction of sp³-hybridized carbons (Fsp3) is 0.389. The molecule has 2 N–H and O–H groups in total. The fourth-order valence-corrected chi connectivity index (χ4v) is 2.36. The first-order valence-electron chi connectivity index (χ1n) is 8.18. The van der Waals surface area contributed by atoms with Crippen LogP contribution in [0.15, 0.2) is 42.6 Å². The Morgan fingerprint density at radius 3 is 2.71 bits per heavy atom. The summed E-state index contributed by atoms with van der Waals surface area (Å²) in [4.78, 5) is 23.0. The summed E-state index contributed by atoms with van der Waals surface area (Å²) in [6.45, 7) is 2.47. The third-order valence-electron chi connectivity index (χ3n) is 3.61. The van der Waals surface area contributed by atoms with Crippen molar-refractivity contribution in [3.8, 4) is 0 Å². The Balaban J connectivity index is 1.93. The molecule has 0 aromatic carbocycles. The molecule has 0 unspecified atom stereocenters. The van der Waals surface area contributed by atoms with Crippen molar-refractivity contribution in [2.24, 2.45) is 0 Å². The predicted molar refractivity (Wildman–Crippen MR) is 95.8 cm³/mol. The highest BCUT2D eigenvalue weighted by Gasteiger charge is 2.14. The van der Waals surface area contributed by atoms with Crippen molar-refractivity contribution in [2.45, 2.75) is 32.4 Å². The number of carbonyl (C=O) groups is 1. The number of nitrogens with zero attached hydrogens (tertiary/aromatic N) is 3. The Labute approximate surface area is 143 Å². The summed E-state index contributed by atoms with van der Waals surface area (Å²) in [6, 6.07) is 11.2. The number of carbonyl (C=O) groups excluding carboxylic acids is 1. The van der Waals surface area contributed by atoms with Crippen LogP contribution in [0.2, 0.25) is 0 Å². The molecule has 2 heterocycles. The van der Waals surface area contributed by atoms with Gasteiger partial charge in [0, 0.05) is 20.3 Å². The van der Waals surface area contributed by atoms with Gasteiger partial charge in [0.25, 0.3) is 0 Å². The molecule has 0 aliphatic heterocycles. The van der Waals surface area contributed by atoms with E-state index in [0.29, 0.717) is 6.54 Å². The molecular weight excluding hydrogens is 302 g/mol. The molecule has 0 aliphatic carbocycles. The molecule has 0 aliphatic rings. The molecule has 1 atom stereocenters. The van der Waals surface area contributed by atoms with E-state index in [1.165, 1.54) is 0 Å². The SMILES string of the molecule is CCC[C@H](NC(=O)NCc1cccc(N(C)C)n1)c1ccccn1. The predicted octanol–water partition coefficient (Wildman–Crippen LogP) is 2.88. The van der Waals surface area contributed by atoms with Crippen molar-refractivity contribution in [3.63, 3.8) is 0 Å².